The third-order valence-electron chi connectivity index (χ3n) is 4.32. The molecule has 0 spiro atoms. The molecule has 0 aromatic heterocycles. The molecule has 0 radical (unpaired) electrons. The number of carbonyl (C=O) groups excluding carboxylic acids is 3. The van der Waals surface area contributed by atoms with Gasteiger partial charge in [-0.3, -0.25) is 23.5 Å². The van der Waals surface area contributed by atoms with E-state index in [1.165, 1.54) is 37.3 Å². The Morgan fingerprint density at radius 3 is 2.21 bits per heavy atom. The van der Waals surface area contributed by atoms with E-state index in [0.717, 1.165) is 23.1 Å². The highest BCUT2D eigenvalue weighted by Gasteiger charge is 2.30. The number of nitrogens with one attached hydrogen (secondary N) is 2. The molecule has 0 saturated heterocycles. The van der Waals surface area contributed by atoms with Gasteiger partial charge in [0, 0.05) is 27.7 Å². The molecule has 2 unspecified atom stereocenters. The average Bonchev–Trinajstić information content (AvgIpc) is 2.68. The van der Waals surface area contributed by atoms with Crippen LogP contribution in [-0.2, 0) is 25.2 Å². The zero-order chi connectivity index (χ0) is 24.8. The molecule has 2 aromatic carbocycles. The lowest BCUT2D eigenvalue weighted by Gasteiger charge is -2.31. The summed E-state index contributed by atoms with van der Waals surface area (Å²) in [5.74, 6) is -3.91. The minimum absolute atomic E-state index is 0.129. The molecule has 33 heavy (non-hydrogen) atoms. The molecule has 0 aliphatic carbocycles. The lowest BCUT2D eigenvalue weighted by atomic mass is 10.1. The lowest BCUT2D eigenvalue weighted by molar-refractivity contribution is -0.126. The molecule has 2 N–H and O–H groups in total. The Labute approximate surface area is 194 Å². The molecule has 10 heteroatoms. The van der Waals surface area contributed by atoms with Crippen LogP contribution >= 0.6 is 0 Å². The van der Waals surface area contributed by atoms with Gasteiger partial charge in [0.15, 0.2) is 0 Å². The average molecular weight is 480 g/mol. The number of hydrogen-bond donors (Lipinski definition) is 2. The van der Waals surface area contributed by atoms with Crippen molar-refractivity contribution in [3.05, 3.63) is 60.2 Å². The molecule has 178 valence electrons. The van der Waals surface area contributed by atoms with E-state index in [1.807, 2.05) is 0 Å². The smallest absolute Gasteiger partial charge is 0.243 e. The van der Waals surface area contributed by atoms with Crippen LogP contribution in [0.2, 0.25) is 0 Å². The number of halogens is 2. The van der Waals surface area contributed by atoms with Gasteiger partial charge >= 0.3 is 0 Å². The molecule has 7 nitrogen and oxygen atoms in total. The third-order valence-corrected chi connectivity index (χ3v) is 5.48. The predicted molar refractivity (Wildman–Crippen MR) is 124 cm³/mol. The Hall–Kier alpha value is -3.14. The van der Waals surface area contributed by atoms with Gasteiger partial charge in [0.25, 0.3) is 0 Å². The van der Waals surface area contributed by atoms with E-state index in [-0.39, 0.29) is 5.69 Å². The van der Waals surface area contributed by atoms with Gasteiger partial charge in [-0.15, -0.1) is 0 Å². The number of rotatable bonds is 8. The standard InChI is InChI=1S/C23H27F2N3O4S/c1-15(22(31)27-23(2,3)4)28(19-7-5-6-17(25)12-19)21(30)14-33(32)13-20(29)26-18-10-8-16(24)9-11-18/h5-12,15H,13-14H2,1-4H3,(H,26,29)(H,27,31). The van der Waals surface area contributed by atoms with Gasteiger partial charge in [0.05, 0.1) is 0 Å². The van der Waals surface area contributed by atoms with Crippen molar-refractivity contribution in [2.45, 2.75) is 39.3 Å². The van der Waals surface area contributed by atoms with E-state index in [9.17, 15) is 27.4 Å². The summed E-state index contributed by atoms with van der Waals surface area (Å²) in [6.07, 6.45) is 0. The fraction of sp³-hybridized carbons (Fsp3) is 0.348. The molecular formula is C23H27F2N3O4S. The van der Waals surface area contributed by atoms with Gasteiger partial charge in [0.1, 0.15) is 29.2 Å². The summed E-state index contributed by atoms with van der Waals surface area (Å²) in [6, 6.07) is 9.16. The Morgan fingerprint density at radius 2 is 1.64 bits per heavy atom. The predicted octanol–water partition coefficient (Wildman–Crippen LogP) is 2.99. The zero-order valence-corrected chi connectivity index (χ0v) is 19.7. The van der Waals surface area contributed by atoms with Crippen LogP contribution in [-0.4, -0.2) is 45.0 Å². The fourth-order valence-corrected chi connectivity index (χ4v) is 3.82. The Bertz CT molecular complexity index is 1040. The Balaban J connectivity index is 2.13. The summed E-state index contributed by atoms with van der Waals surface area (Å²) in [4.78, 5) is 38.9. The molecule has 2 atom stereocenters. The molecule has 0 aliphatic heterocycles. The third kappa shape index (κ3) is 8.38. The lowest BCUT2D eigenvalue weighted by Crippen LogP contribution is -2.53. The number of benzene rings is 2. The first-order valence-corrected chi connectivity index (χ1v) is 11.6. The van der Waals surface area contributed by atoms with E-state index < -0.39 is 63.2 Å². The van der Waals surface area contributed by atoms with Crippen molar-refractivity contribution in [1.29, 1.82) is 0 Å². The molecule has 0 fully saturated rings. The summed E-state index contributed by atoms with van der Waals surface area (Å²) in [6.45, 7) is 6.82. The minimum atomic E-state index is -1.91. The molecule has 0 saturated carbocycles. The van der Waals surface area contributed by atoms with E-state index in [1.54, 1.807) is 20.8 Å². The van der Waals surface area contributed by atoms with Crippen LogP contribution < -0.4 is 15.5 Å². The minimum Gasteiger partial charge on any atom is -0.350 e. The SMILES string of the molecule is CC(C(=O)NC(C)(C)C)N(C(=O)CS(=O)CC(=O)Nc1ccc(F)cc1)c1cccc(F)c1. The molecule has 0 heterocycles. The first kappa shape index (κ1) is 26.1. The molecule has 0 bridgehead atoms. The highest BCUT2D eigenvalue weighted by molar-refractivity contribution is 7.86. The summed E-state index contributed by atoms with van der Waals surface area (Å²) >= 11 is 0. The van der Waals surface area contributed by atoms with Crippen molar-refractivity contribution in [2.75, 3.05) is 21.7 Å². The number of amides is 3. The van der Waals surface area contributed by atoms with Crippen molar-refractivity contribution in [2.24, 2.45) is 0 Å². The van der Waals surface area contributed by atoms with Crippen molar-refractivity contribution in [3.8, 4) is 0 Å². The van der Waals surface area contributed by atoms with Crippen LogP contribution in [0.4, 0.5) is 20.2 Å². The van der Waals surface area contributed by atoms with Gasteiger partial charge in [-0.05, 0) is 70.2 Å². The zero-order valence-electron chi connectivity index (χ0n) is 18.9. The maximum atomic E-state index is 13.8. The first-order chi connectivity index (χ1) is 15.4. The van der Waals surface area contributed by atoms with Gasteiger partial charge in [-0.2, -0.15) is 0 Å². The Morgan fingerprint density at radius 1 is 1.00 bits per heavy atom. The van der Waals surface area contributed by atoms with Crippen LogP contribution in [0.5, 0.6) is 0 Å². The van der Waals surface area contributed by atoms with Crippen LogP contribution in [0.1, 0.15) is 27.7 Å². The summed E-state index contributed by atoms with van der Waals surface area (Å²) < 4.78 is 39.3. The normalized spacial score (nSPS) is 13.0. The van der Waals surface area contributed by atoms with Gasteiger partial charge in [-0.25, -0.2) is 8.78 Å². The van der Waals surface area contributed by atoms with Crippen molar-refractivity contribution in [3.63, 3.8) is 0 Å². The Kier molecular flexibility index (Phi) is 8.81. The summed E-state index contributed by atoms with van der Waals surface area (Å²) in [5.41, 5.74) is -0.119. The van der Waals surface area contributed by atoms with Crippen LogP contribution in [0.3, 0.4) is 0 Å². The molecule has 2 aromatic rings. The number of hydrogen-bond acceptors (Lipinski definition) is 4. The summed E-state index contributed by atoms with van der Waals surface area (Å²) in [5, 5.41) is 5.23. The van der Waals surface area contributed by atoms with Crippen LogP contribution in [0.15, 0.2) is 48.5 Å². The van der Waals surface area contributed by atoms with E-state index in [2.05, 4.69) is 10.6 Å². The molecule has 2 rings (SSSR count). The summed E-state index contributed by atoms with van der Waals surface area (Å²) in [7, 11) is -1.91. The molecular weight excluding hydrogens is 452 g/mol. The maximum Gasteiger partial charge on any atom is 0.243 e. The second-order valence-electron chi connectivity index (χ2n) is 8.44. The van der Waals surface area contributed by atoms with Crippen molar-refractivity contribution in [1.82, 2.24) is 5.32 Å². The maximum absolute atomic E-state index is 13.8. The molecule has 3 amide bonds. The van der Waals surface area contributed by atoms with E-state index in [0.29, 0.717) is 5.69 Å². The second-order valence-corrected chi connectivity index (χ2v) is 9.90. The topological polar surface area (TPSA) is 95.6 Å². The number of carbonyl (C=O) groups is 3. The highest BCUT2D eigenvalue weighted by Crippen LogP contribution is 2.20. The van der Waals surface area contributed by atoms with Crippen molar-refractivity contribution < 1.29 is 27.4 Å². The van der Waals surface area contributed by atoms with Gasteiger partial charge < -0.3 is 10.6 Å². The van der Waals surface area contributed by atoms with Gasteiger partial charge in [-0.1, -0.05) is 6.07 Å². The number of nitrogens with zero attached hydrogens (tertiary/aromatic N) is 1. The van der Waals surface area contributed by atoms with Crippen LogP contribution in [0, 0.1) is 11.6 Å². The van der Waals surface area contributed by atoms with Crippen molar-refractivity contribution >= 4 is 39.9 Å². The van der Waals surface area contributed by atoms with E-state index >= 15 is 0 Å². The highest BCUT2D eigenvalue weighted by atomic mass is 32.2. The fourth-order valence-electron chi connectivity index (χ4n) is 2.94. The monoisotopic (exact) mass is 479 g/mol. The van der Waals surface area contributed by atoms with Crippen LogP contribution in [0.25, 0.3) is 0 Å². The van der Waals surface area contributed by atoms with E-state index in [4.69, 9.17) is 0 Å². The quantitative estimate of drug-likeness (QED) is 0.609. The first-order valence-electron chi connectivity index (χ1n) is 10.2. The largest absolute Gasteiger partial charge is 0.350 e. The molecule has 0 aliphatic rings. The number of anilines is 2. The second kappa shape index (κ2) is 11.1. The van der Waals surface area contributed by atoms with Gasteiger partial charge in [0.2, 0.25) is 17.7 Å².